The molecule has 0 aromatic heterocycles. The number of halogens is 1. The number of likely N-dealkylation sites (tertiary alicyclic amines) is 2. The van der Waals surface area contributed by atoms with Gasteiger partial charge in [0.1, 0.15) is 11.6 Å². The minimum Gasteiger partial charge on any atom is -0.493 e. The Morgan fingerprint density at radius 3 is 2.31 bits per heavy atom. The Bertz CT molecular complexity index is 917. The molecule has 0 aliphatic carbocycles. The summed E-state index contributed by atoms with van der Waals surface area (Å²) in [5.41, 5.74) is 1.42. The van der Waals surface area contributed by atoms with E-state index in [1.165, 1.54) is 18.6 Å². The van der Waals surface area contributed by atoms with Gasteiger partial charge in [0.05, 0.1) is 13.0 Å². The molecule has 0 unspecified atom stereocenters. The van der Waals surface area contributed by atoms with Crippen LogP contribution in [0.2, 0.25) is 0 Å². The Labute approximate surface area is 189 Å². The van der Waals surface area contributed by atoms with Gasteiger partial charge in [0.25, 0.3) is 5.91 Å². The highest BCUT2D eigenvalue weighted by molar-refractivity contribution is 5.94. The van der Waals surface area contributed by atoms with Crippen molar-refractivity contribution in [1.29, 1.82) is 0 Å². The Morgan fingerprint density at radius 1 is 0.906 bits per heavy atom. The SMILES string of the molecule is O=C(Cc1cccc(F)c1)N1CCC(COc2ccc(C(=O)N3CCCCC3)cc2)CC1. The highest BCUT2D eigenvalue weighted by atomic mass is 19.1. The first-order valence-electron chi connectivity index (χ1n) is 11.6. The molecule has 5 nitrogen and oxygen atoms in total. The molecule has 2 aliphatic heterocycles. The number of rotatable bonds is 6. The highest BCUT2D eigenvalue weighted by Crippen LogP contribution is 2.21. The zero-order valence-electron chi connectivity index (χ0n) is 18.5. The second-order valence-corrected chi connectivity index (χ2v) is 8.82. The topological polar surface area (TPSA) is 49.9 Å². The molecule has 0 N–H and O–H groups in total. The molecule has 0 atom stereocenters. The summed E-state index contributed by atoms with van der Waals surface area (Å²) in [5.74, 6) is 0.998. The maximum Gasteiger partial charge on any atom is 0.253 e. The van der Waals surface area contributed by atoms with E-state index in [1.54, 1.807) is 12.1 Å². The van der Waals surface area contributed by atoms with Gasteiger partial charge in [0, 0.05) is 31.7 Å². The smallest absolute Gasteiger partial charge is 0.253 e. The Hall–Kier alpha value is -2.89. The standard InChI is InChI=1S/C26H31FN2O3/c27-23-6-4-5-21(17-23)18-25(30)28-15-11-20(12-16-28)19-32-24-9-7-22(8-10-24)26(31)29-13-2-1-3-14-29/h4-10,17,20H,1-3,11-16,18-19H2. The number of amides is 2. The third-order valence-corrected chi connectivity index (χ3v) is 6.44. The van der Waals surface area contributed by atoms with Crippen LogP contribution in [-0.2, 0) is 11.2 Å². The molecule has 170 valence electrons. The number of carbonyl (C=O) groups is 2. The quantitative estimate of drug-likeness (QED) is 0.675. The lowest BCUT2D eigenvalue weighted by molar-refractivity contribution is -0.132. The fourth-order valence-corrected chi connectivity index (χ4v) is 4.47. The molecular weight excluding hydrogens is 407 g/mol. The van der Waals surface area contributed by atoms with Crippen LogP contribution in [0.15, 0.2) is 48.5 Å². The minimum atomic E-state index is -0.310. The van der Waals surface area contributed by atoms with Crippen molar-refractivity contribution < 1.29 is 18.7 Å². The molecule has 2 heterocycles. The first-order valence-corrected chi connectivity index (χ1v) is 11.6. The summed E-state index contributed by atoms with van der Waals surface area (Å²) in [6, 6.07) is 13.7. The van der Waals surface area contributed by atoms with Crippen molar-refractivity contribution in [3.05, 3.63) is 65.5 Å². The molecule has 0 radical (unpaired) electrons. The van der Waals surface area contributed by atoms with E-state index in [2.05, 4.69) is 0 Å². The summed E-state index contributed by atoms with van der Waals surface area (Å²) in [6.07, 6.45) is 5.39. The van der Waals surface area contributed by atoms with Crippen LogP contribution in [-0.4, -0.2) is 54.4 Å². The number of ether oxygens (including phenoxy) is 1. The summed E-state index contributed by atoms with van der Waals surface area (Å²) in [6.45, 7) is 3.70. The average molecular weight is 439 g/mol. The van der Waals surface area contributed by atoms with E-state index in [9.17, 15) is 14.0 Å². The van der Waals surface area contributed by atoms with E-state index >= 15 is 0 Å². The van der Waals surface area contributed by atoms with Gasteiger partial charge in [0.2, 0.25) is 5.91 Å². The van der Waals surface area contributed by atoms with E-state index < -0.39 is 0 Å². The van der Waals surface area contributed by atoms with Crippen molar-refractivity contribution in [2.24, 2.45) is 5.92 Å². The van der Waals surface area contributed by atoms with Gasteiger partial charge >= 0.3 is 0 Å². The zero-order chi connectivity index (χ0) is 22.3. The highest BCUT2D eigenvalue weighted by Gasteiger charge is 2.23. The zero-order valence-corrected chi connectivity index (χ0v) is 18.5. The Morgan fingerprint density at radius 2 is 1.62 bits per heavy atom. The molecule has 0 bridgehead atoms. The van der Waals surface area contributed by atoms with Gasteiger partial charge in [-0.15, -0.1) is 0 Å². The molecule has 6 heteroatoms. The average Bonchev–Trinajstić information content (AvgIpc) is 2.83. The van der Waals surface area contributed by atoms with Gasteiger partial charge in [-0.3, -0.25) is 9.59 Å². The lowest BCUT2D eigenvalue weighted by Gasteiger charge is -2.32. The van der Waals surface area contributed by atoms with Gasteiger partial charge in [-0.1, -0.05) is 12.1 Å². The van der Waals surface area contributed by atoms with Crippen LogP contribution in [0, 0.1) is 11.7 Å². The largest absolute Gasteiger partial charge is 0.493 e. The third kappa shape index (κ3) is 5.87. The predicted molar refractivity (Wildman–Crippen MR) is 121 cm³/mol. The monoisotopic (exact) mass is 438 g/mol. The van der Waals surface area contributed by atoms with E-state index in [1.807, 2.05) is 34.1 Å². The lowest BCUT2D eigenvalue weighted by Crippen LogP contribution is -2.40. The number of hydrogen-bond donors (Lipinski definition) is 0. The van der Waals surface area contributed by atoms with Crippen molar-refractivity contribution in [3.63, 3.8) is 0 Å². The molecule has 0 saturated carbocycles. The van der Waals surface area contributed by atoms with Crippen LogP contribution in [0.25, 0.3) is 0 Å². The Balaban J connectivity index is 1.20. The molecule has 2 aliphatic rings. The van der Waals surface area contributed by atoms with E-state index in [0.29, 0.717) is 36.7 Å². The van der Waals surface area contributed by atoms with Crippen LogP contribution in [0.3, 0.4) is 0 Å². The van der Waals surface area contributed by atoms with Crippen LogP contribution in [0.5, 0.6) is 5.75 Å². The molecule has 0 spiro atoms. The Kier molecular flexibility index (Phi) is 7.40. The van der Waals surface area contributed by atoms with Crippen molar-refractivity contribution in [1.82, 2.24) is 9.80 Å². The number of nitrogens with zero attached hydrogens (tertiary/aromatic N) is 2. The number of hydrogen-bond acceptors (Lipinski definition) is 3. The van der Waals surface area contributed by atoms with Crippen molar-refractivity contribution in [3.8, 4) is 5.75 Å². The summed E-state index contributed by atoms with van der Waals surface area (Å²) in [5, 5.41) is 0. The lowest BCUT2D eigenvalue weighted by atomic mass is 9.97. The summed E-state index contributed by atoms with van der Waals surface area (Å²) in [7, 11) is 0. The van der Waals surface area contributed by atoms with Crippen LogP contribution in [0.4, 0.5) is 4.39 Å². The molecule has 2 aromatic rings. The van der Waals surface area contributed by atoms with Crippen molar-refractivity contribution >= 4 is 11.8 Å². The third-order valence-electron chi connectivity index (χ3n) is 6.44. The number of piperidine rings is 2. The van der Waals surface area contributed by atoms with Gasteiger partial charge in [-0.05, 0) is 80.0 Å². The summed E-state index contributed by atoms with van der Waals surface area (Å²) >= 11 is 0. The summed E-state index contributed by atoms with van der Waals surface area (Å²) < 4.78 is 19.3. The van der Waals surface area contributed by atoms with Crippen LogP contribution in [0.1, 0.15) is 48.0 Å². The van der Waals surface area contributed by atoms with E-state index in [-0.39, 0.29) is 24.1 Å². The first-order chi connectivity index (χ1) is 15.6. The molecule has 4 rings (SSSR count). The van der Waals surface area contributed by atoms with Crippen LogP contribution >= 0.6 is 0 Å². The summed E-state index contributed by atoms with van der Waals surface area (Å²) in [4.78, 5) is 28.9. The minimum absolute atomic E-state index is 0.0453. The van der Waals surface area contributed by atoms with Gasteiger partial charge in [-0.2, -0.15) is 0 Å². The maximum atomic E-state index is 13.3. The fraction of sp³-hybridized carbons (Fsp3) is 0.462. The molecule has 2 fully saturated rings. The first kappa shape index (κ1) is 22.3. The number of benzene rings is 2. The van der Waals surface area contributed by atoms with E-state index in [0.717, 1.165) is 44.5 Å². The number of carbonyl (C=O) groups excluding carboxylic acids is 2. The molecule has 2 saturated heterocycles. The van der Waals surface area contributed by atoms with Gasteiger partial charge in [0.15, 0.2) is 0 Å². The molecule has 32 heavy (non-hydrogen) atoms. The van der Waals surface area contributed by atoms with Gasteiger partial charge in [-0.25, -0.2) is 4.39 Å². The molecule has 2 aromatic carbocycles. The van der Waals surface area contributed by atoms with Crippen molar-refractivity contribution in [2.75, 3.05) is 32.8 Å². The van der Waals surface area contributed by atoms with Crippen molar-refractivity contribution in [2.45, 2.75) is 38.5 Å². The van der Waals surface area contributed by atoms with Gasteiger partial charge < -0.3 is 14.5 Å². The second kappa shape index (κ2) is 10.6. The second-order valence-electron chi connectivity index (χ2n) is 8.82. The fourth-order valence-electron chi connectivity index (χ4n) is 4.47. The normalized spacial score (nSPS) is 17.3. The molecular formula is C26H31FN2O3. The van der Waals surface area contributed by atoms with Crippen LogP contribution < -0.4 is 4.74 Å². The predicted octanol–water partition coefficient (Wildman–Crippen LogP) is 4.31. The van der Waals surface area contributed by atoms with E-state index in [4.69, 9.17) is 4.74 Å². The molecule has 2 amide bonds. The maximum absolute atomic E-state index is 13.3.